The van der Waals surface area contributed by atoms with Gasteiger partial charge in [0, 0.05) is 0 Å². The van der Waals surface area contributed by atoms with Crippen LogP contribution in [0.1, 0.15) is 189 Å². The van der Waals surface area contributed by atoms with E-state index in [1.54, 1.807) is 0 Å². The van der Waals surface area contributed by atoms with Gasteiger partial charge in [-0.05, 0) is 182 Å². The van der Waals surface area contributed by atoms with Crippen molar-refractivity contribution in [2.45, 2.75) is 335 Å². The molecule has 20 heteroatoms. The lowest BCUT2D eigenvalue weighted by molar-refractivity contribution is -0.365. The summed E-state index contributed by atoms with van der Waals surface area (Å²) in [6, 6.07) is 55.1. The van der Waals surface area contributed by atoms with Gasteiger partial charge in [-0.15, -0.1) is 0 Å². The molecule has 5 aliphatic carbocycles. The summed E-state index contributed by atoms with van der Waals surface area (Å²) >= 11 is 0. The van der Waals surface area contributed by atoms with Gasteiger partial charge in [-0.3, -0.25) is 4.79 Å². The van der Waals surface area contributed by atoms with E-state index >= 15 is 4.79 Å². The fraction of sp³-hybridized carbons (Fsp3) is 0.649. The van der Waals surface area contributed by atoms with Crippen molar-refractivity contribution in [2.75, 3.05) is 13.2 Å². The molecule has 5 aromatic carbocycles. The van der Waals surface area contributed by atoms with Gasteiger partial charge in [-0.25, -0.2) is 0 Å². The minimum Gasteiger partial charge on any atom is -0.432 e. The third kappa shape index (κ3) is 17.8. The summed E-state index contributed by atoms with van der Waals surface area (Å²) < 4.78 is 109. The Morgan fingerprint density at radius 1 is 0.521 bits per heavy atom. The maximum Gasteiger partial charge on any atom is 0.317 e. The van der Waals surface area contributed by atoms with Gasteiger partial charge in [0.05, 0.1) is 81.4 Å². The first kappa shape index (κ1) is 88.1. The second-order valence-electron chi connectivity index (χ2n) is 38.0. The summed E-state index contributed by atoms with van der Waals surface area (Å²) in [7, 11) is -4.63. The number of esters is 1. The van der Waals surface area contributed by atoms with E-state index in [4.69, 9.17) is 76.2 Å². The van der Waals surface area contributed by atoms with Crippen LogP contribution in [0, 0.1) is 50.2 Å². The van der Waals surface area contributed by atoms with Crippen LogP contribution in [0.4, 0.5) is 0 Å². The van der Waals surface area contributed by atoms with Crippen LogP contribution in [0.25, 0.3) is 0 Å². The van der Waals surface area contributed by atoms with Crippen LogP contribution < -0.4 is 5.73 Å². The Morgan fingerprint density at radius 3 is 1.57 bits per heavy atom. The standard InChI is InChI=1S/C97H137NO17Si2/c1-16-116(17-2,18-3)114-77-50-51-93(12)75(94(77,13)64-99)49-52-95(14)76(93)48-47-71-72-55-91(8,9)53-54-97(72,78(56-96(71,95)15)115-117(19-4,20-5)21-6)90(100)111-88-85(82(104-60-69-43-33-25-34-44-69)79(98)73(108-88)62-101-57-66-37-27-22-28-38-66)110-89-86-83(112-92(10,11)113-86)80(65(7)107-89)109-87-84(105-61-70-45-35-26-36-46-70)81(103-59-68-41-31-24-32-42-68)74(63-106-87)102-58-67-39-29-23-30-40-67/h22-47,64-65,72-89H,16-21,48-63,98H2,1-15H3/t65-,72+,73+,74+,75-,76-,77-,78+,79-,80-,81-,82-,83+,84+,85+,86+,87-,88-,89-,93+,94-,95+,96-,97+/m0/s1. The Balaban J connectivity index is 0.825. The number of allylic oxidation sites excluding steroid dienone is 2. The molecule has 0 radical (unpaired) electrons. The second-order valence-corrected chi connectivity index (χ2v) is 47.5. The minimum atomic E-state index is -2.56. The molecule has 0 spiro atoms. The number of aldehydes is 1. The largest absolute Gasteiger partial charge is 0.432 e. The van der Waals surface area contributed by atoms with Gasteiger partial charge in [0.15, 0.2) is 41.1 Å². The predicted molar refractivity (Wildman–Crippen MR) is 456 cm³/mol. The molecule has 0 amide bonds. The van der Waals surface area contributed by atoms with Crippen molar-refractivity contribution in [3.05, 3.63) is 191 Å². The van der Waals surface area contributed by atoms with Gasteiger partial charge < -0.3 is 81.0 Å². The van der Waals surface area contributed by atoms with Crippen molar-refractivity contribution in [1.29, 1.82) is 0 Å². The molecule has 640 valence electrons. The molecule has 4 saturated carbocycles. The SMILES string of the molecule is CC[Si](CC)(CC)O[C@H]1CC[C@]2(C)[C@H](CC[C@]3(C)[C@H]2CC=C2[C@H]4CC(C)(C)CC[C@]4(C(=O)O[C@@H]4O[C@H](COCc5ccccc5)[C@H](N)[C@H](OCc5ccccc5)[C@H]4O[C@@H]4O[C@@H](C)[C@H](O[C@@H]5OC[C@@H](OCc6ccccc6)[C@H](OCc6ccccc6)[C@H]5OCc5ccccc5)[C@H]5OC(C)(C)O[C@@H]45)[C@H](O[Si](CC)(CC)CC)C[C@@]23C)[C@]1(C)C=O. The fourth-order valence-electron chi connectivity index (χ4n) is 23.1. The van der Waals surface area contributed by atoms with Crippen LogP contribution in [-0.4, -0.2) is 146 Å². The van der Waals surface area contributed by atoms with Crippen molar-refractivity contribution in [3.8, 4) is 0 Å². The first-order chi connectivity index (χ1) is 56.2. The number of carbonyl (C=O) groups is 2. The fourth-order valence-corrected chi connectivity index (χ4v) is 28.9. The number of rotatable bonds is 33. The Hall–Kier alpha value is -5.19. The highest BCUT2D eigenvalue weighted by molar-refractivity contribution is 6.74. The van der Waals surface area contributed by atoms with E-state index in [0.717, 1.165) is 109 Å². The molecular formula is C97H137NO17Si2. The van der Waals surface area contributed by atoms with E-state index in [0.29, 0.717) is 19.4 Å². The number of fused-ring (bicyclic) bond motifs is 8. The summed E-state index contributed by atoms with van der Waals surface area (Å²) in [5.74, 6) is -1.42. The molecule has 117 heavy (non-hydrogen) atoms. The Bertz CT molecular complexity index is 4050. The second kappa shape index (κ2) is 36.7. The first-order valence-corrected chi connectivity index (χ1v) is 49.6. The summed E-state index contributed by atoms with van der Waals surface area (Å²) in [5, 5.41) is 0. The van der Waals surface area contributed by atoms with Gasteiger partial charge in [-0.1, -0.05) is 246 Å². The number of hydrogen-bond acceptors (Lipinski definition) is 18. The van der Waals surface area contributed by atoms with Crippen molar-refractivity contribution < 1.29 is 80.0 Å². The van der Waals surface area contributed by atoms with Gasteiger partial charge in [0.2, 0.25) is 6.29 Å². The summed E-state index contributed by atoms with van der Waals surface area (Å²) in [6.45, 7) is 35.6. The first-order valence-electron chi connectivity index (χ1n) is 44.5. The molecule has 0 bridgehead atoms. The predicted octanol–water partition coefficient (Wildman–Crippen LogP) is 18.9. The monoisotopic (exact) mass is 1640 g/mol. The van der Waals surface area contributed by atoms with E-state index in [1.807, 2.05) is 172 Å². The van der Waals surface area contributed by atoms with E-state index in [2.05, 4.69) is 89.2 Å². The molecule has 24 atom stereocenters. The van der Waals surface area contributed by atoms with E-state index in [9.17, 15) is 4.79 Å². The van der Waals surface area contributed by atoms with Crippen molar-refractivity contribution in [1.82, 2.24) is 0 Å². The Morgan fingerprint density at radius 2 is 1.03 bits per heavy atom. The van der Waals surface area contributed by atoms with Crippen LogP contribution in [0.3, 0.4) is 0 Å². The molecule has 8 fully saturated rings. The highest BCUT2D eigenvalue weighted by Crippen LogP contribution is 2.77. The topological polar surface area (TPSA) is 199 Å². The maximum atomic E-state index is 17.6. The molecule has 9 aliphatic rings. The van der Waals surface area contributed by atoms with Crippen LogP contribution in [-0.2, 0) is 113 Å². The lowest BCUT2D eigenvalue weighted by Crippen LogP contribution is -2.70. The van der Waals surface area contributed by atoms with Crippen LogP contribution in [0.15, 0.2) is 163 Å². The summed E-state index contributed by atoms with van der Waals surface area (Å²) in [5.41, 5.74) is 11.2. The van der Waals surface area contributed by atoms with Crippen molar-refractivity contribution in [2.24, 2.45) is 56.0 Å². The summed E-state index contributed by atoms with van der Waals surface area (Å²) in [6.07, 6.45) is -1.68. The number of benzene rings is 5. The average Bonchev–Trinajstić information content (AvgIpc) is 0.992. The lowest BCUT2D eigenvalue weighted by Gasteiger charge is -2.72. The van der Waals surface area contributed by atoms with Crippen molar-refractivity contribution in [3.63, 3.8) is 0 Å². The van der Waals surface area contributed by atoms with E-state index in [-0.39, 0.29) is 85.7 Å². The highest BCUT2D eigenvalue weighted by atomic mass is 28.4. The number of carbonyl (C=O) groups excluding carboxylic acids is 2. The summed E-state index contributed by atoms with van der Waals surface area (Å²) in [4.78, 5) is 31.8. The van der Waals surface area contributed by atoms with Gasteiger partial charge >= 0.3 is 5.97 Å². The molecule has 18 nitrogen and oxygen atoms in total. The third-order valence-electron chi connectivity index (χ3n) is 30.6. The zero-order valence-electron chi connectivity index (χ0n) is 72.6. The van der Waals surface area contributed by atoms with Crippen LogP contribution in [0.5, 0.6) is 0 Å². The number of nitrogens with two attached hydrogens (primary N) is 1. The van der Waals surface area contributed by atoms with Crippen molar-refractivity contribution >= 4 is 28.9 Å². The highest BCUT2D eigenvalue weighted by Gasteiger charge is 2.74. The van der Waals surface area contributed by atoms with Crippen LogP contribution in [0.2, 0.25) is 36.3 Å². The number of ether oxygens (including phenoxy) is 13. The average molecular weight is 1650 g/mol. The molecule has 4 saturated heterocycles. The van der Waals surface area contributed by atoms with E-state index in [1.165, 1.54) is 11.9 Å². The quantitative estimate of drug-likeness (QED) is 0.0180. The molecule has 2 N–H and O–H groups in total. The smallest absolute Gasteiger partial charge is 0.317 e. The molecule has 0 aromatic heterocycles. The zero-order valence-corrected chi connectivity index (χ0v) is 74.6. The number of hydrogen-bond donors (Lipinski definition) is 1. The lowest BCUT2D eigenvalue weighted by atomic mass is 9.33. The van der Waals surface area contributed by atoms with Gasteiger partial charge in [0.1, 0.15) is 55.1 Å². The molecule has 4 heterocycles. The zero-order chi connectivity index (χ0) is 82.8. The van der Waals surface area contributed by atoms with E-state index < -0.39 is 131 Å². The molecule has 14 rings (SSSR count). The molecule has 4 aliphatic heterocycles. The third-order valence-corrected chi connectivity index (χ3v) is 39.9. The van der Waals surface area contributed by atoms with Crippen LogP contribution >= 0.6 is 0 Å². The van der Waals surface area contributed by atoms with Gasteiger partial charge in [-0.2, -0.15) is 0 Å². The molecule has 5 aromatic rings. The normalized spacial score (nSPS) is 37.1. The molecular weight excluding hydrogens is 1510 g/mol. The van der Waals surface area contributed by atoms with Gasteiger partial charge in [0.25, 0.3) is 0 Å². The maximum absolute atomic E-state index is 17.6. The molecule has 0 unspecified atom stereocenters. The minimum absolute atomic E-state index is 0.0413. The Labute approximate surface area is 700 Å². The Kier molecular flexibility index (Phi) is 27.6.